The SMILES string of the molecule is COCCNCc1cnc(N2CCC(C)C(C)C2)nc1. The Bertz CT molecular complexity index is 395. The maximum absolute atomic E-state index is 5.00. The number of anilines is 1. The summed E-state index contributed by atoms with van der Waals surface area (Å²) >= 11 is 0. The Morgan fingerprint density at radius 2 is 2.05 bits per heavy atom. The first kappa shape index (κ1) is 15.2. The molecule has 0 aromatic carbocycles. The number of hydrogen-bond donors (Lipinski definition) is 1. The van der Waals surface area contributed by atoms with Crippen molar-refractivity contribution in [3.63, 3.8) is 0 Å². The van der Waals surface area contributed by atoms with E-state index in [9.17, 15) is 0 Å². The zero-order valence-electron chi connectivity index (χ0n) is 12.8. The maximum atomic E-state index is 5.00. The predicted molar refractivity (Wildman–Crippen MR) is 80.8 cm³/mol. The third kappa shape index (κ3) is 4.15. The van der Waals surface area contributed by atoms with Crippen molar-refractivity contribution >= 4 is 5.95 Å². The first-order valence-corrected chi connectivity index (χ1v) is 7.46. The molecule has 1 aliphatic rings. The summed E-state index contributed by atoms with van der Waals surface area (Å²) in [7, 11) is 1.71. The molecule has 0 radical (unpaired) electrons. The van der Waals surface area contributed by atoms with Gasteiger partial charge in [0, 0.05) is 51.2 Å². The minimum Gasteiger partial charge on any atom is -0.383 e. The number of nitrogens with one attached hydrogen (secondary N) is 1. The van der Waals surface area contributed by atoms with Gasteiger partial charge in [-0.3, -0.25) is 0 Å². The van der Waals surface area contributed by atoms with E-state index in [0.717, 1.165) is 50.2 Å². The molecular weight excluding hydrogens is 252 g/mol. The Balaban J connectivity index is 1.85. The van der Waals surface area contributed by atoms with Gasteiger partial charge < -0.3 is 15.0 Å². The Morgan fingerprint density at radius 1 is 1.30 bits per heavy atom. The largest absolute Gasteiger partial charge is 0.383 e. The number of hydrogen-bond acceptors (Lipinski definition) is 5. The van der Waals surface area contributed by atoms with Crippen molar-refractivity contribution in [2.75, 3.05) is 38.3 Å². The van der Waals surface area contributed by atoms with E-state index < -0.39 is 0 Å². The average molecular weight is 278 g/mol. The van der Waals surface area contributed by atoms with Gasteiger partial charge in [0.05, 0.1) is 6.61 Å². The molecule has 112 valence electrons. The summed E-state index contributed by atoms with van der Waals surface area (Å²) < 4.78 is 5.00. The van der Waals surface area contributed by atoms with Crippen LogP contribution in [0.4, 0.5) is 5.95 Å². The van der Waals surface area contributed by atoms with Crippen LogP contribution in [0.2, 0.25) is 0 Å². The highest BCUT2D eigenvalue weighted by molar-refractivity contribution is 5.30. The predicted octanol–water partition coefficient (Wildman–Crippen LogP) is 1.69. The topological polar surface area (TPSA) is 50.3 Å². The Hall–Kier alpha value is -1.20. The van der Waals surface area contributed by atoms with Crippen molar-refractivity contribution in [2.24, 2.45) is 11.8 Å². The first-order valence-electron chi connectivity index (χ1n) is 7.46. The standard InChI is InChI=1S/C15H26N4O/c1-12-4-6-19(11-13(12)2)15-17-9-14(10-18-15)8-16-5-7-20-3/h9-10,12-13,16H,4-8,11H2,1-3H3. The fourth-order valence-corrected chi connectivity index (χ4v) is 2.45. The van der Waals surface area contributed by atoms with Crippen LogP contribution >= 0.6 is 0 Å². The molecule has 20 heavy (non-hydrogen) atoms. The molecule has 0 aliphatic carbocycles. The Labute approximate surface area is 121 Å². The Morgan fingerprint density at radius 3 is 2.70 bits per heavy atom. The van der Waals surface area contributed by atoms with Crippen molar-refractivity contribution in [3.05, 3.63) is 18.0 Å². The van der Waals surface area contributed by atoms with Gasteiger partial charge in [-0.1, -0.05) is 13.8 Å². The van der Waals surface area contributed by atoms with Gasteiger partial charge in [0.25, 0.3) is 0 Å². The lowest BCUT2D eigenvalue weighted by atomic mass is 9.89. The van der Waals surface area contributed by atoms with E-state index in [1.165, 1.54) is 6.42 Å². The lowest BCUT2D eigenvalue weighted by molar-refractivity contribution is 0.199. The van der Waals surface area contributed by atoms with Gasteiger partial charge in [-0.25, -0.2) is 9.97 Å². The third-order valence-corrected chi connectivity index (χ3v) is 4.12. The van der Waals surface area contributed by atoms with Crippen LogP contribution in [0.5, 0.6) is 0 Å². The normalized spacial score (nSPS) is 23.1. The molecule has 1 N–H and O–H groups in total. The van der Waals surface area contributed by atoms with E-state index in [0.29, 0.717) is 5.92 Å². The molecule has 0 spiro atoms. The number of rotatable bonds is 6. The molecule has 5 nitrogen and oxygen atoms in total. The van der Waals surface area contributed by atoms with Crippen LogP contribution in [0.15, 0.2) is 12.4 Å². The van der Waals surface area contributed by atoms with Crippen molar-refractivity contribution in [1.29, 1.82) is 0 Å². The maximum Gasteiger partial charge on any atom is 0.225 e. The number of piperidine rings is 1. The highest BCUT2D eigenvalue weighted by atomic mass is 16.5. The average Bonchev–Trinajstić information content (AvgIpc) is 2.47. The molecule has 0 amide bonds. The quantitative estimate of drug-likeness (QED) is 0.803. The lowest BCUT2D eigenvalue weighted by Gasteiger charge is -2.35. The number of nitrogens with zero attached hydrogens (tertiary/aromatic N) is 3. The number of aromatic nitrogens is 2. The van der Waals surface area contributed by atoms with E-state index >= 15 is 0 Å². The van der Waals surface area contributed by atoms with Crippen LogP contribution in [0.25, 0.3) is 0 Å². The molecule has 2 heterocycles. The van der Waals surface area contributed by atoms with Crippen molar-refractivity contribution in [1.82, 2.24) is 15.3 Å². The second kappa shape index (κ2) is 7.55. The molecule has 2 rings (SSSR count). The van der Waals surface area contributed by atoms with Gasteiger partial charge in [0.1, 0.15) is 0 Å². The second-order valence-corrected chi connectivity index (χ2v) is 5.75. The number of methoxy groups -OCH3 is 1. The van der Waals surface area contributed by atoms with E-state index in [1.54, 1.807) is 7.11 Å². The van der Waals surface area contributed by atoms with Gasteiger partial charge in [0.15, 0.2) is 0 Å². The van der Waals surface area contributed by atoms with Gasteiger partial charge >= 0.3 is 0 Å². The third-order valence-electron chi connectivity index (χ3n) is 4.12. The summed E-state index contributed by atoms with van der Waals surface area (Å²) in [5, 5.41) is 3.30. The van der Waals surface area contributed by atoms with Crippen molar-refractivity contribution < 1.29 is 4.74 Å². The van der Waals surface area contributed by atoms with Crippen molar-refractivity contribution in [2.45, 2.75) is 26.8 Å². The molecule has 1 saturated heterocycles. The van der Waals surface area contributed by atoms with Crippen LogP contribution in [-0.2, 0) is 11.3 Å². The van der Waals surface area contributed by atoms with E-state index in [-0.39, 0.29) is 0 Å². The summed E-state index contributed by atoms with van der Waals surface area (Å²) in [4.78, 5) is 11.3. The highest BCUT2D eigenvalue weighted by Gasteiger charge is 2.23. The molecular formula is C15H26N4O. The molecule has 0 bridgehead atoms. The summed E-state index contributed by atoms with van der Waals surface area (Å²) in [6.07, 6.45) is 5.07. The number of ether oxygens (including phenoxy) is 1. The highest BCUT2D eigenvalue weighted by Crippen LogP contribution is 2.24. The summed E-state index contributed by atoms with van der Waals surface area (Å²) in [6, 6.07) is 0. The first-order chi connectivity index (χ1) is 9.70. The molecule has 1 aromatic heterocycles. The molecule has 1 aliphatic heterocycles. The van der Waals surface area contributed by atoms with E-state index in [2.05, 4.69) is 34.0 Å². The van der Waals surface area contributed by atoms with E-state index in [4.69, 9.17) is 4.74 Å². The molecule has 1 aromatic rings. The summed E-state index contributed by atoms with van der Waals surface area (Å²) in [5.74, 6) is 2.38. The lowest BCUT2D eigenvalue weighted by Crippen LogP contribution is -2.39. The minimum absolute atomic E-state index is 0.711. The second-order valence-electron chi connectivity index (χ2n) is 5.75. The van der Waals surface area contributed by atoms with Crippen LogP contribution in [-0.4, -0.2) is 43.3 Å². The molecule has 2 atom stereocenters. The summed E-state index contributed by atoms with van der Waals surface area (Å²) in [6.45, 7) is 9.13. The summed E-state index contributed by atoms with van der Waals surface area (Å²) in [5.41, 5.74) is 1.11. The van der Waals surface area contributed by atoms with Gasteiger partial charge in [-0.15, -0.1) is 0 Å². The van der Waals surface area contributed by atoms with Crippen molar-refractivity contribution in [3.8, 4) is 0 Å². The fourth-order valence-electron chi connectivity index (χ4n) is 2.45. The van der Waals surface area contributed by atoms with Gasteiger partial charge in [-0.05, 0) is 18.3 Å². The van der Waals surface area contributed by atoms with Crippen LogP contribution < -0.4 is 10.2 Å². The molecule has 2 unspecified atom stereocenters. The van der Waals surface area contributed by atoms with Gasteiger partial charge in [0.2, 0.25) is 5.95 Å². The molecule has 1 fully saturated rings. The molecule has 0 saturated carbocycles. The zero-order valence-corrected chi connectivity index (χ0v) is 12.8. The molecule has 5 heteroatoms. The Kier molecular flexibility index (Phi) is 5.73. The monoisotopic (exact) mass is 278 g/mol. The van der Waals surface area contributed by atoms with Gasteiger partial charge in [-0.2, -0.15) is 0 Å². The van der Waals surface area contributed by atoms with Crippen LogP contribution in [0.1, 0.15) is 25.8 Å². The van der Waals surface area contributed by atoms with E-state index in [1.807, 2.05) is 12.4 Å². The zero-order chi connectivity index (χ0) is 14.4. The fraction of sp³-hybridized carbons (Fsp3) is 0.733. The van der Waals surface area contributed by atoms with Crippen LogP contribution in [0, 0.1) is 11.8 Å². The minimum atomic E-state index is 0.711. The van der Waals surface area contributed by atoms with Crippen LogP contribution in [0.3, 0.4) is 0 Å². The smallest absolute Gasteiger partial charge is 0.225 e.